The molecule has 0 bridgehead atoms. The van der Waals surface area contributed by atoms with E-state index in [1.165, 1.54) is 6.92 Å². The van der Waals surface area contributed by atoms with Gasteiger partial charge in [0, 0.05) is 17.8 Å². The van der Waals surface area contributed by atoms with Gasteiger partial charge in [0.15, 0.2) is 5.25 Å². The quantitative estimate of drug-likeness (QED) is 0.177. The molecule has 0 fully saturated rings. The van der Waals surface area contributed by atoms with Gasteiger partial charge in [-0.25, -0.2) is 0 Å². The van der Waals surface area contributed by atoms with Crippen molar-refractivity contribution < 1.29 is 42.0 Å². The fraction of sp³-hybridized carbons (Fsp3) is 0.409. The number of amides is 5. The van der Waals surface area contributed by atoms with Crippen LogP contribution in [-0.2, 0) is 40.7 Å². The number of anilines is 1. The van der Waals surface area contributed by atoms with Gasteiger partial charge in [-0.3, -0.25) is 33.4 Å². The number of hydrogen-bond acceptors (Lipinski definition) is 8. The third-order valence-corrected chi connectivity index (χ3v) is 6.39. The Morgan fingerprint density at radius 1 is 0.917 bits per heavy atom. The van der Waals surface area contributed by atoms with E-state index in [-0.39, 0.29) is 6.61 Å². The van der Waals surface area contributed by atoms with Gasteiger partial charge in [0.1, 0.15) is 12.1 Å². The van der Waals surface area contributed by atoms with E-state index >= 15 is 0 Å². The molecular weight excluding hydrogens is 496 g/mol. The van der Waals surface area contributed by atoms with Crippen molar-refractivity contribution in [3.8, 4) is 0 Å². The fourth-order valence-electron chi connectivity index (χ4n) is 3.18. The Labute approximate surface area is 207 Å². The van der Waals surface area contributed by atoms with Crippen molar-refractivity contribution in [2.24, 2.45) is 5.92 Å². The zero-order valence-corrected chi connectivity index (χ0v) is 20.6. The number of carbonyl (C=O) groups is 5. The van der Waals surface area contributed by atoms with Crippen molar-refractivity contribution in [1.82, 2.24) is 15.5 Å². The lowest BCUT2D eigenvalue weighted by Gasteiger charge is -2.26. The molecule has 1 aliphatic rings. The highest BCUT2D eigenvalue weighted by molar-refractivity contribution is 7.87. The zero-order chi connectivity index (χ0) is 27.2. The van der Waals surface area contributed by atoms with Gasteiger partial charge in [-0.05, 0) is 30.5 Å². The molecule has 0 saturated heterocycles. The highest BCUT2D eigenvalue weighted by Gasteiger charge is 2.39. The Morgan fingerprint density at radius 2 is 1.47 bits per heavy atom. The number of aliphatic hydroxyl groups is 1. The van der Waals surface area contributed by atoms with Crippen LogP contribution in [0.25, 0.3) is 0 Å². The Balaban J connectivity index is 2.08. The lowest BCUT2D eigenvalue weighted by Crippen LogP contribution is -2.57. The van der Waals surface area contributed by atoms with E-state index in [1.54, 1.807) is 38.1 Å². The monoisotopic (exact) mass is 524 g/mol. The second kappa shape index (κ2) is 11.9. The first-order valence-corrected chi connectivity index (χ1v) is 12.4. The second-order valence-electron chi connectivity index (χ2n) is 8.43. The van der Waals surface area contributed by atoms with Crippen molar-refractivity contribution in [2.75, 3.05) is 11.9 Å². The van der Waals surface area contributed by atoms with Crippen molar-refractivity contribution in [3.63, 3.8) is 0 Å². The lowest BCUT2D eigenvalue weighted by molar-refractivity contribution is -0.137. The fourth-order valence-corrected chi connectivity index (χ4v) is 3.86. The Morgan fingerprint density at radius 3 is 1.94 bits per heavy atom. The van der Waals surface area contributed by atoms with Gasteiger partial charge in [0.25, 0.3) is 21.9 Å². The smallest absolute Gasteiger partial charge is 0.278 e. The molecular formula is C22H28N4O9S. The predicted molar refractivity (Wildman–Crippen MR) is 127 cm³/mol. The highest BCUT2D eigenvalue weighted by atomic mass is 32.2. The molecule has 1 heterocycles. The maximum absolute atomic E-state index is 12.8. The molecule has 2 rings (SSSR count). The normalized spacial score (nSPS) is 16.0. The molecule has 1 aliphatic heterocycles. The van der Waals surface area contributed by atoms with Crippen LogP contribution < -0.4 is 16.0 Å². The molecule has 36 heavy (non-hydrogen) atoms. The van der Waals surface area contributed by atoms with Crippen LogP contribution in [0.5, 0.6) is 0 Å². The number of hydrogen-bond donors (Lipinski definition) is 5. The summed E-state index contributed by atoms with van der Waals surface area (Å²) < 4.78 is 33.2. The Bertz CT molecular complexity index is 1140. The van der Waals surface area contributed by atoms with Gasteiger partial charge in [0.2, 0.25) is 17.7 Å². The maximum Gasteiger partial charge on any atom is 0.278 e. The minimum absolute atomic E-state index is 0.164. The summed E-state index contributed by atoms with van der Waals surface area (Å²) >= 11 is 0. The van der Waals surface area contributed by atoms with Crippen LogP contribution in [0.2, 0.25) is 0 Å². The standard InChI is InChI=1S/C22H28N4O9S/c1-12(2)19(22(32)23-13(3)20(30)24-15-6-4-14(11-27)5-7-15)25-21(31)16(36(33,34)35)10-26-17(28)8-9-18(26)29/h4-9,12-13,16,19,27H,10-11H2,1-3H3,(H,23,32)(H,24,30)(H,25,31)(H,33,34,35)/t13-,16?,19-/m0/s1. The number of rotatable bonds is 11. The van der Waals surface area contributed by atoms with Crippen LogP contribution in [0.4, 0.5) is 5.69 Å². The number of benzene rings is 1. The van der Waals surface area contributed by atoms with E-state index in [9.17, 15) is 36.9 Å². The summed E-state index contributed by atoms with van der Waals surface area (Å²) in [7, 11) is -5.07. The van der Waals surface area contributed by atoms with E-state index in [1.807, 2.05) is 0 Å². The minimum Gasteiger partial charge on any atom is -0.392 e. The molecule has 3 atom stereocenters. The van der Waals surface area contributed by atoms with Crippen molar-refractivity contribution in [3.05, 3.63) is 42.0 Å². The first-order chi connectivity index (χ1) is 16.7. The number of nitrogens with zero attached hydrogens (tertiary/aromatic N) is 1. The molecule has 0 aliphatic carbocycles. The summed E-state index contributed by atoms with van der Waals surface area (Å²) in [5.41, 5.74) is 1.06. The van der Waals surface area contributed by atoms with E-state index < -0.39 is 69.5 Å². The van der Waals surface area contributed by atoms with E-state index in [4.69, 9.17) is 5.11 Å². The average molecular weight is 525 g/mol. The summed E-state index contributed by atoms with van der Waals surface area (Å²) in [6, 6.07) is 3.97. The summed E-state index contributed by atoms with van der Waals surface area (Å²) in [6.45, 7) is 3.39. The van der Waals surface area contributed by atoms with E-state index in [0.29, 0.717) is 16.2 Å². The third-order valence-electron chi connectivity index (χ3n) is 5.30. The van der Waals surface area contributed by atoms with Gasteiger partial charge in [-0.15, -0.1) is 0 Å². The summed E-state index contributed by atoms with van der Waals surface area (Å²) in [5, 5.41) is 14.1. The SMILES string of the molecule is CC(C)[C@H](NC(=O)C(CN1C(=O)C=CC1=O)S(=O)(=O)O)C(=O)N[C@@H](C)C(=O)Nc1ccc(CO)cc1. The first kappa shape index (κ1) is 28.6. The molecule has 1 aromatic carbocycles. The van der Waals surface area contributed by atoms with Crippen LogP contribution in [0.15, 0.2) is 36.4 Å². The first-order valence-electron chi connectivity index (χ1n) is 10.9. The molecule has 0 radical (unpaired) electrons. The molecule has 1 aromatic rings. The van der Waals surface area contributed by atoms with Gasteiger partial charge < -0.3 is 21.1 Å². The van der Waals surface area contributed by atoms with Crippen molar-refractivity contribution in [2.45, 2.75) is 44.7 Å². The molecule has 5 amide bonds. The minimum atomic E-state index is -5.07. The summed E-state index contributed by atoms with van der Waals surface area (Å²) in [5.74, 6) is -4.98. The molecule has 0 aromatic heterocycles. The van der Waals surface area contributed by atoms with Gasteiger partial charge in [-0.1, -0.05) is 26.0 Å². The summed E-state index contributed by atoms with van der Waals surface area (Å²) in [6.07, 6.45) is 1.78. The lowest BCUT2D eigenvalue weighted by atomic mass is 10.0. The van der Waals surface area contributed by atoms with Crippen molar-refractivity contribution in [1.29, 1.82) is 0 Å². The summed E-state index contributed by atoms with van der Waals surface area (Å²) in [4.78, 5) is 62.0. The topological polar surface area (TPSA) is 199 Å². The molecule has 14 heteroatoms. The Kier molecular flexibility index (Phi) is 9.44. The number of carbonyl (C=O) groups excluding carboxylic acids is 5. The van der Waals surface area contributed by atoms with Gasteiger partial charge >= 0.3 is 0 Å². The number of nitrogens with one attached hydrogen (secondary N) is 3. The van der Waals surface area contributed by atoms with Gasteiger partial charge in [0.05, 0.1) is 13.2 Å². The predicted octanol–water partition coefficient (Wildman–Crippen LogP) is -1.06. The molecule has 5 N–H and O–H groups in total. The highest BCUT2D eigenvalue weighted by Crippen LogP contribution is 2.12. The van der Waals surface area contributed by atoms with Crippen LogP contribution in [-0.4, -0.2) is 76.4 Å². The number of imide groups is 1. The van der Waals surface area contributed by atoms with E-state index in [0.717, 1.165) is 12.2 Å². The van der Waals surface area contributed by atoms with Crippen LogP contribution in [0.1, 0.15) is 26.3 Å². The average Bonchev–Trinajstić information content (AvgIpc) is 3.11. The second-order valence-corrected chi connectivity index (χ2v) is 10.0. The van der Waals surface area contributed by atoms with Crippen LogP contribution in [0, 0.1) is 5.92 Å². The molecule has 0 saturated carbocycles. The Hall–Kier alpha value is -3.62. The molecule has 0 spiro atoms. The van der Waals surface area contributed by atoms with E-state index in [2.05, 4.69) is 16.0 Å². The number of aliphatic hydroxyl groups excluding tert-OH is 1. The largest absolute Gasteiger partial charge is 0.392 e. The molecule has 13 nitrogen and oxygen atoms in total. The molecule has 196 valence electrons. The van der Waals surface area contributed by atoms with Crippen molar-refractivity contribution >= 4 is 45.3 Å². The third kappa shape index (κ3) is 7.44. The van der Waals surface area contributed by atoms with Gasteiger partial charge in [-0.2, -0.15) is 8.42 Å². The van der Waals surface area contributed by atoms with Crippen LogP contribution >= 0.6 is 0 Å². The molecule has 1 unspecified atom stereocenters. The van der Waals surface area contributed by atoms with Crippen LogP contribution in [0.3, 0.4) is 0 Å². The zero-order valence-electron chi connectivity index (χ0n) is 19.8. The maximum atomic E-state index is 12.8.